The van der Waals surface area contributed by atoms with Crippen molar-refractivity contribution >= 4 is 43.8 Å². The molecule has 0 heterocycles. The first-order valence-electron chi connectivity index (χ1n) is 14.4. The van der Waals surface area contributed by atoms with Crippen LogP contribution in [0.5, 0.6) is 0 Å². The zero-order valence-corrected chi connectivity index (χ0v) is 30.5. The summed E-state index contributed by atoms with van der Waals surface area (Å²) in [7, 11) is 17.0. The third-order valence-electron chi connectivity index (χ3n) is 9.30. The second kappa shape index (κ2) is 11.0. The molecule has 0 N–H and O–H groups in total. The monoisotopic (exact) mass is 748 g/mol. The molecular formula is C36H36Cl2SnZr. The summed E-state index contributed by atoms with van der Waals surface area (Å²) in [6.45, 7) is 4.58. The maximum atomic E-state index is 8.52. The van der Waals surface area contributed by atoms with Crippen LogP contribution in [0.15, 0.2) is 108 Å². The van der Waals surface area contributed by atoms with Crippen LogP contribution in [0.25, 0.3) is 34.4 Å². The standard InChI is InChI=1S/2C17H15.2CH3.2ClH.Sn.Zr/c2*1-2-13-11-15-9-6-10-16(17(15)12-13)14-7-4-3-5-8-14;;;;;;/h2*3-12H,2H2,1H3;2*1H3;2*1H;;/q;;;;;;;+2/p-2. The molecule has 0 aromatic heterocycles. The van der Waals surface area contributed by atoms with Crippen molar-refractivity contribution < 1.29 is 11.6 Å². The van der Waals surface area contributed by atoms with Crippen molar-refractivity contribution in [3.8, 4) is 22.3 Å². The SMILES string of the molecule is CCC1=Cc2c(-c3ccccc3)cccc2[CH]1[Zr]([Cl])([Cl])([CH]1C(CC)=Cc2c(-c3ccccc3)cccc21)=[Sn]([CH3])[CH3]. The molecule has 2 atom stereocenters. The van der Waals surface area contributed by atoms with Gasteiger partial charge in [0.25, 0.3) is 0 Å². The molecule has 0 saturated carbocycles. The van der Waals surface area contributed by atoms with Gasteiger partial charge in [-0.3, -0.25) is 0 Å². The molecule has 0 fully saturated rings. The zero-order valence-electron chi connectivity index (χ0n) is 23.7. The minimum atomic E-state index is -4.64. The quantitative estimate of drug-likeness (QED) is 0.172. The van der Waals surface area contributed by atoms with Crippen molar-refractivity contribution in [3.05, 3.63) is 130 Å². The van der Waals surface area contributed by atoms with Gasteiger partial charge in [-0.2, -0.15) is 0 Å². The van der Waals surface area contributed by atoms with Gasteiger partial charge in [0.15, 0.2) is 0 Å². The Morgan fingerprint density at radius 2 is 0.975 bits per heavy atom. The molecule has 202 valence electrons. The van der Waals surface area contributed by atoms with Crippen molar-refractivity contribution in [1.29, 1.82) is 0 Å². The molecule has 0 amide bonds. The molecule has 4 aromatic rings. The van der Waals surface area contributed by atoms with Crippen LogP contribution >= 0.6 is 17.0 Å². The molecule has 2 unspecified atom stereocenters. The summed E-state index contributed by atoms with van der Waals surface area (Å²) in [5.74, 6) is 0. The Hall–Kier alpha value is -1.38. The van der Waals surface area contributed by atoms with E-state index in [1.807, 2.05) is 0 Å². The van der Waals surface area contributed by atoms with Crippen LogP contribution in [0.4, 0.5) is 0 Å². The Balaban J connectivity index is 1.61. The van der Waals surface area contributed by atoms with E-state index in [1.165, 1.54) is 55.7 Å². The van der Waals surface area contributed by atoms with Crippen LogP contribution in [0.1, 0.15) is 56.2 Å². The van der Waals surface area contributed by atoms with Crippen LogP contribution in [0.2, 0.25) is 9.88 Å². The van der Waals surface area contributed by atoms with Gasteiger partial charge >= 0.3 is 252 Å². The van der Waals surface area contributed by atoms with E-state index in [9.17, 15) is 0 Å². The van der Waals surface area contributed by atoms with Crippen molar-refractivity contribution in [2.24, 2.45) is 0 Å². The summed E-state index contributed by atoms with van der Waals surface area (Å²) < 4.78 is 0.313. The predicted octanol–water partition coefficient (Wildman–Crippen LogP) is 11.7. The first-order valence-corrected chi connectivity index (χ1v) is 39.0. The van der Waals surface area contributed by atoms with Gasteiger partial charge in [-0.25, -0.2) is 0 Å². The molecule has 2 aliphatic rings. The van der Waals surface area contributed by atoms with Crippen LogP contribution in [-0.4, -0.2) is 14.6 Å². The van der Waals surface area contributed by atoms with Gasteiger partial charge in [0, 0.05) is 0 Å². The van der Waals surface area contributed by atoms with Crippen LogP contribution in [-0.2, 0) is 11.6 Å². The molecule has 6 rings (SSSR count). The average Bonchev–Trinajstić information content (AvgIpc) is 3.57. The Bertz CT molecular complexity index is 1620. The predicted molar refractivity (Wildman–Crippen MR) is 175 cm³/mol. The van der Waals surface area contributed by atoms with E-state index in [0.717, 1.165) is 12.8 Å². The molecule has 0 nitrogen and oxygen atoms in total. The van der Waals surface area contributed by atoms with Crippen LogP contribution in [0.3, 0.4) is 0 Å². The van der Waals surface area contributed by atoms with Crippen LogP contribution < -0.4 is 0 Å². The Morgan fingerprint density at radius 1 is 0.575 bits per heavy atom. The van der Waals surface area contributed by atoms with E-state index in [2.05, 4.69) is 133 Å². The number of benzene rings is 4. The number of rotatable bonds is 6. The number of fused-ring (bicyclic) bond motifs is 2. The fourth-order valence-electron chi connectivity index (χ4n) is 7.27. The Labute approximate surface area is 249 Å². The van der Waals surface area contributed by atoms with Gasteiger partial charge < -0.3 is 0 Å². The van der Waals surface area contributed by atoms with E-state index in [1.54, 1.807) is 0 Å². The Morgan fingerprint density at radius 3 is 1.32 bits per heavy atom. The van der Waals surface area contributed by atoms with Crippen molar-refractivity contribution in [1.82, 2.24) is 0 Å². The zero-order chi connectivity index (χ0) is 28.1. The van der Waals surface area contributed by atoms with Gasteiger partial charge in [-0.15, -0.1) is 0 Å². The van der Waals surface area contributed by atoms with Crippen LogP contribution in [0, 0.1) is 0 Å². The van der Waals surface area contributed by atoms with Gasteiger partial charge in [0.2, 0.25) is 0 Å². The van der Waals surface area contributed by atoms with E-state index < -0.39 is 26.1 Å². The number of hydrogen-bond donors (Lipinski definition) is 0. The first kappa shape index (κ1) is 28.7. The van der Waals surface area contributed by atoms with Crippen molar-refractivity contribution in [2.45, 2.75) is 43.8 Å². The Kier molecular flexibility index (Phi) is 7.92. The van der Waals surface area contributed by atoms with E-state index in [0.29, 0.717) is 0 Å². The summed E-state index contributed by atoms with van der Waals surface area (Å²) in [5.41, 5.74) is 13.4. The molecule has 4 aromatic carbocycles. The summed E-state index contributed by atoms with van der Waals surface area (Å²) in [6.07, 6.45) is 6.86. The van der Waals surface area contributed by atoms with E-state index in [-0.39, 0.29) is 7.25 Å². The molecule has 0 aliphatic heterocycles. The van der Waals surface area contributed by atoms with Crippen molar-refractivity contribution in [2.75, 3.05) is 0 Å². The normalized spacial score (nSPS) is 18.2. The maximum absolute atomic E-state index is 8.52. The molecular weight excluding hydrogens is 713 g/mol. The molecule has 2 aliphatic carbocycles. The van der Waals surface area contributed by atoms with Gasteiger partial charge in [0.1, 0.15) is 0 Å². The van der Waals surface area contributed by atoms with E-state index in [4.69, 9.17) is 17.0 Å². The van der Waals surface area contributed by atoms with Crippen molar-refractivity contribution in [3.63, 3.8) is 0 Å². The number of hydrogen-bond acceptors (Lipinski definition) is 0. The number of allylic oxidation sites excluding steroid dienone is 2. The molecule has 0 spiro atoms. The molecule has 4 heteroatoms. The van der Waals surface area contributed by atoms with Gasteiger partial charge in [0.05, 0.1) is 0 Å². The fraction of sp³-hybridized carbons (Fsp3) is 0.222. The summed E-state index contributed by atoms with van der Waals surface area (Å²) in [6, 6.07) is 35.2. The average molecular weight is 750 g/mol. The third kappa shape index (κ3) is 4.41. The number of halogens is 2. The van der Waals surface area contributed by atoms with Gasteiger partial charge in [-0.05, 0) is 0 Å². The second-order valence-electron chi connectivity index (χ2n) is 11.5. The van der Waals surface area contributed by atoms with Gasteiger partial charge in [-0.1, -0.05) is 0 Å². The second-order valence-corrected chi connectivity index (χ2v) is 81.9. The minimum absolute atomic E-state index is 0.157. The molecule has 0 saturated heterocycles. The summed E-state index contributed by atoms with van der Waals surface area (Å²) >= 11 is -6.93. The molecule has 40 heavy (non-hydrogen) atoms. The third-order valence-corrected chi connectivity index (χ3v) is 99.7. The fourth-order valence-corrected chi connectivity index (χ4v) is 56.8. The summed E-state index contributed by atoms with van der Waals surface area (Å²) in [4.78, 5) is 4.98. The van der Waals surface area contributed by atoms with E-state index >= 15 is 0 Å². The summed E-state index contributed by atoms with van der Waals surface area (Å²) in [5, 5.41) is 0. The molecule has 0 radical (unpaired) electrons. The topological polar surface area (TPSA) is 0 Å². The first-order chi connectivity index (χ1) is 19.3. The molecule has 0 bridgehead atoms.